The Hall–Kier alpha value is -2.84. The molecule has 62 heavy (non-hydrogen) atoms. The number of fused-ring (bicyclic) bond motifs is 10. The third kappa shape index (κ3) is 8.32. The lowest BCUT2D eigenvalue weighted by Crippen LogP contribution is -2.51. The topological polar surface area (TPSA) is 110 Å². The molecule has 2 heterocycles. The number of carbonyl (C=O) groups is 2. The number of aliphatic hydroxyl groups is 2. The van der Waals surface area contributed by atoms with Crippen molar-refractivity contribution in [1.29, 1.82) is 0 Å². The van der Waals surface area contributed by atoms with E-state index in [0.717, 1.165) is 64.2 Å². The molecule has 8 aliphatic rings. The molecule has 2 aromatic heterocycles. The number of allylic oxidation sites excluding steroid dienone is 4. The first kappa shape index (κ1) is 47.1. The van der Waals surface area contributed by atoms with Crippen LogP contribution in [0, 0.1) is 69.0 Å². The minimum atomic E-state index is -0.488. The second kappa shape index (κ2) is 17.9. The van der Waals surface area contributed by atoms with Gasteiger partial charge in [0.15, 0.2) is 11.6 Å². The number of ketones is 2. The van der Waals surface area contributed by atoms with E-state index in [-0.39, 0.29) is 33.5 Å². The molecule has 14 atom stereocenters. The van der Waals surface area contributed by atoms with Crippen LogP contribution in [-0.2, 0) is 22.7 Å². The van der Waals surface area contributed by atoms with Gasteiger partial charge in [-0.2, -0.15) is 10.2 Å². The minimum Gasteiger partial charge on any atom is -0.390 e. The van der Waals surface area contributed by atoms with Gasteiger partial charge in [0.25, 0.3) is 0 Å². The Balaban J connectivity index is 0.000000173. The van der Waals surface area contributed by atoms with Crippen molar-refractivity contribution in [2.75, 3.05) is 0 Å². The van der Waals surface area contributed by atoms with Gasteiger partial charge in [-0.15, -0.1) is 0 Å². The summed E-state index contributed by atoms with van der Waals surface area (Å²) < 4.78 is 3.56. The normalized spacial score (nSPS) is 43.6. The molecule has 2 aromatic rings. The Kier molecular flexibility index (Phi) is 13.6. The summed E-state index contributed by atoms with van der Waals surface area (Å²) >= 11 is 0. The first-order valence-corrected chi connectivity index (χ1v) is 25.3. The molecule has 8 aliphatic carbocycles. The quantitative estimate of drug-likeness (QED) is 0.280. The van der Waals surface area contributed by atoms with Crippen LogP contribution in [0.15, 0.2) is 60.2 Å². The summed E-state index contributed by atoms with van der Waals surface area (Å²) in [6, 6.07) is 3.78. The zero-order valence-corrected chi connectivity index (χ0v) is 40.5. The summed E-state index contributed by atoms with van der Waals surface area (Å²) in [4.78, 5) is 26.4. The van der Waals surface area contributed by atoms with Gasteiger partial charge in [0.05, 0.1) is 24.3 Å². The average molecular weight is 853 g/mol. The first-order chi connectivity index (χ1) is 29.5. The van der Waals surface area contributed by atoms with E-state index in [2.05, 4.69) is 50.0 Å². The van der Waals surface area contributed by atoms with E-state index in [1.807, 2.05) is 66.1 Å². The van der Waals surface area contributed by atoms with E-state index >= 15 is 0 Å². The molecular formula is C54H84N4O4. The molecule has 0 aliphatic heterocycles. The van der Waals surface area contributed by atoms with E-state index in [0.29, 0.717) is 60.2 Å². The maximum atomic E-state index is 13.2. The zero-order valence-electron chi connectivity index (χ0n) is 40.5. The molecule has 6 fully saturated rings. The van der Waals surface area contributed by atoms with Crippen LogP contribution in [0.5, 0.6) is 0 Å². The van der Waals surface area contributed by atoms with Crippen LogP contribution in [0.25, 0.3) is 0 Å². The van der Waals surface area contributed by atoms with Crippen molar-refractivity contribution in [2.24, 2.45) is 69.0 Å². The van der Waals surface area contributed by atoms with Gasteiger partial charge in [-0.1, -0.05) is 78.7 Å². The van der Waals surface area contributed by atoms with Crippen molar-refractivity contribution >= 4 is 11.6 Å². The molecule has 0 saturated heterocycles. The summed E-state index contributed by atoms with van der Waals surface area (Å²) in [5, 5.41) is 29.8. The number of hydrogen-bond acceptors (Lipinski definition) is 6. The van der Waals surface area contributed by atoms with Gasteiger partial charge in [0.1, 0.15) is 0 Å². The van der Waals surface area contributed by atoms with Gasteiger partial charge >= 0.3 is 0 Å². The number of Topliss-reactive ketones (excluding diaryl/α,β-unsaturated/α-hetero) is 2. The second-order valence-electron chi connectivity index (χ2n) is 22.6. The van der Waals surface area contributed by atoms with Crippen molar-refractivity contribution in [1.82, 2.24) is 19.6 Å². The number of rotatable bonds is 6. The molecule has 8 nitrogen and oxygen atoms in total. The Labute approximate surface area is 375 Å². The van der Waals surface area contributed by atoms with Crippen LogP contribution in [0.4, 0.5) is 0 Å². The lowest BCUT2D eigenvalue weighted by Gasteiger charge is -2.58. The van der Waals surface area contributed by atoms with E-state index in [4.69, 9.17) is 0 Å². The molecule has 2 N–H and O–H groups in total. The monoisotopic (exact) mass is 853 g/mol. The smallest absolute Gasteiger partial charge is 0.157 e. The SMILES string of the molecule is CC.CC.C[C@@]1(O)CC[C@]2(C)C3=CC[C@]4(C)[C@@H](C(=O)Cn5cccn5)CC[C@H]4[C@@H]3CC[C@@H]2C1.C[C@@]1(O)CC[C@]2(C)C3=CC[C@]4(C)[C@@H](C(=O)Cn5cccn5)CC[C@H]4[C@@H]3CC[C@H]2C1. The van der Waals surface area contributed by atoms with Gasteiger partial charge in [-0.3, -0.25) is 19.0 Å². The molecule has 0 radical (unpaired) electrons. The molecule has 0 amide bonds. The number of hydrogen-bond donors (Lipinski definition) is 2. The molecule has 8 heteroatoms. The van der Waals surface area contributed by atoms with Crippen molar-refractivity contribution < 1.29 is 19.8 Å². The highest BCUT2D eigenvalue weighted by atomic mass is 16.3. The molecular weight excluding hydrogens is 769 g/mol. The zero-order chi connectivity index (χ0) is 44.9. The van der Waals surface area contributed by atoms with Crippen LogP contribution < -0.4 is 0 Å². The minimum absolute atomic E-state index is 0.0990. The summed E-state index contributed by atoms with van der Waals surface area (Å²) in [6.45, 7) is 22.6. The lowest BCUT2D eigenvalue weighted by atomic mass is 9.47. The van der Waals surface area contributed by atoms with Gasteiger partial charge in [-0.25, -0.2) is 0 Å². The molecule has 0 bridgehead atoms. The van der Waals surface area contributed by atoms with Gasteiger partial charge in [0, 0.05) is 36.6 Å². The molecule has 344 valence electrons. The fraction of sp³-hybridized carbons (Fsp3) is 0.778. The third-order valence-electron chi connectivity index (χ3n) is 19.2. The van der Waals surface area contributed by atoms with Crippen LogP contribution in [0.3, 0.4) is 0 Å². The molecule has 0 spiro atoms. The predicted molar refractivity (Wildman–Crippen MR) is 249 cm³/mol. The van der Waals surface area contributed by atoms with Crippen LogP contribution >= 0.6 is 0 Å². The largest absolute Gasteiger partial charge is 0.390 e. The highest BCUT2D eigenvalue weighted by molar-refractivity contribution is 5.82. The van der Waals surface area contributed by atoms with Gasteiger partial charge < -0.3 is 10.2 Å². The first-order valence-electron chi connectivity index (χ1n) is 25.3. The lowest BCUT2D eigenvalue weighted by molar-refractivity contribution is -0.128. The van der Waals surface area contributed by atoms with Crippen molar-refractivity contribution in [3.05, 3.63) is 60.2 Å². The Morgan fingerprint density at radius 3 is 1.32 bits per heavy atom. The summed E-state index contributed by atoms with van der Waals surface area (Å²) in [6.07, 6.45) is 29.8. The molecule has 6 saturated carbocycles. The second-order valence-corrected chi connectivity index (χ2v) is 22.6. The predicted octanol–water partition coefficient (Wildman–Crippen LogP) is 11.6. The molecule has 0 aromatic carbocycles. The maximum Gasteiger partial charge on any atom is 0.157 e. The van der Waals surface area contributed by atoms with Crippen molar-refractivity contribution in [2.45, 2.75) is 196 Å². The Morgan fingerprint density at radius 2 is 0.968 bits per heavy atom. The summed E-state index contributed by atoms with van der Waals surface area (Å²) in [5.41, 5.74) is 3.10. The fourth-order valence-corrected chi connectivity index (χ4v) is 15.8. The Bertz CT molecular complexity index is 1790. The van der Waals surface area contributed by atoms with Crippen LogP contribution in [0.2, 0.25) is 0 Å². The van der Waals surface area contributed by atoms with E-state index in [1.165, 1.54) is 38.5 Å². The number of nitrogens with zero attached hydrogens (tertiary/aromatic N) is 4. The van der Waals surface area contributed by atoms with Gasteiger partial charge in [-0.05, 0) is 186 Å². The number of aromatic nitrogens is 4. The third-order valence-corrected chi connectivity index (χ3v) is 19.2. The van der Waals surface area contributed by atoms with E-state index in [1.54, 1.807) is 32.9 Å². The molecule has 0 unspecified atom stereocenters. The van der Waals surface area contributed by atoms with Crippen LogP contribution in [0.1, 0.15) is 172 Å². The van der Waals surface area contributed by atoms with E-state index < -0.39 is 11.2 Å². The van der Waals surface area contributed by atoms with E-state index in [9.17, 15) is 19.8 Å². The molecule has 10 rings (SSSR count). The number of carbonyl (C=O) groups excluding carboxylic acids is 2. The standard InChI is InChI=1S/2C25H36N2O2.2C2H6/c2*1-23(29)11-12-24(2)17(15-23)5-6-18-19-7-8-21(25(19,3)10-9-20(18)24)22(28)16-27-14-4-13-26-27;2*1-2/h2*4,9,13-14,17-19,21,29H,5-8,10-12,15-16H2,1-3H3;2*1-2H3/t17-,18+,19+,21-,23-,24+,25+;17-,18-,19-,21+,23+,24-,25-;;/m10../s1. The average Bonchev–Trinajstić information content (AvgIpc) is 4.07. The van der Waals surface area contributed by atoms with Crippen molar-refractivity contribution in [3.8, 4) is 0 Å². The van der Waals surface area contributed by atoms with Gasteiger partial charge in [0.2, 0.25) is 0 Å². The highest BCUT2D eigenvalue weighted by Gasteiger charge is 2.61. The van der Waals surface area contributed by atoms with Crippen LogP contribution in [-0.4, -0.2) is 52.5 Å². The maximum absolute atomic E-state index is 13.2. The summed E-state index contributed by atoms with van der Waals surface area (Å²) in [7, 11) is 0. The fourth-order valence-electron chi connectivity index (χ4n) is 15.8. The van der Waals surface area contributed by atoms with Crippen molar-refractivity contribution in [3.63, 3.8) is 0 Å². The Morgan fingerprint density at radius 1 is 0.581 bits per heavy atom. The summed E-state index contributed by atoms with van der Waals surface area (Å²) in [5.74, 6) is 4.81. The highest BCUT2D eigenvalue weighted by Crippen LogP contribution is 2.68.